The van der Waals surface area contributed by atoms with Crippen LogP contribution in [0.25, 0.3) is 0 Å². The summed E-state index contributed by atoms with van der Waals surface area (Å²) in [7, 11) is 1.63. The molecule has 0 N–H and O–H groups in total. The third-order valence-corrected chi connectivity index (χ3v) is 2.30. The lowest BCUT2D eigenvalue weighted by Crippen LogP contribution is -2.23. The highest BCUT2D eigenvalue weighted by Gasteiger charge is 2.47. The lowest BCUT2D eigenvalue weighted by Gasteiger charge is -2.15. The minimum atomic E-state index is 0.115. The molecule has 0 aromatic heterocycles. The summed E-state index contributed by atoms with van der Waals surface area (Å²) < 4.78 is 15.7. The molecule has 1 aliphatic heterocycles. The van der Waals surface area contributed by atoms with Crippen molar-refractivity contribution in [3.8, 4) is 0 Å². The third-order valence-electron chi connectivity index (χ3n) is 2.30. The van der Waals surface area contributed by atoms with Crippen LogP contribution in [0.1, 0.15) is 13.3 Å². The van der Waals surface area contributed by atoms with Gasteiger partial charge in [-0.1, -0.05) is 11.6 Å². The molecule has 2 rings (SSSR count). The predicted octanol–water partition coefficient (Wildman–Crippen LogP) is 1.09. The number of epoxide rings is 1. The van der Waals surface area contributed by atoms with Gasteiger partial charge in [-0.05, 0) is 13.3 Å². The van der Waals surface area contributed by atoms with Crippen LogP contribution in [-0.2, 0) is 14.2 Å². The molecule has 12 heavy (non-hydrogen) atoms. The summed E-state index contributed by atoms with van der Waals surface area (Å²) >= 11 is 0. The van der Waals surface area contributed by atoms with Crippen molar-refractivity contribution < 1.29 is 14.2 Å². The molecule has 0 aromatic carbocycles. The van der Waals surface area contributed by atoms with Crippen molar-refractivity contribution in [3.63, 3.8) is 0 Å². The van der Waals surface area contributed by atoms with Crippen LogP contribution in [0.5, 0.6) is 0 Å². The Bertz CT molecular complexity index is 200. The molecular formula is C9H14O3. The Balaban J connectivity index is 1.91. The van der Waals surface area contributed by atoms with Gasteiger partial charge in [0.2, 0.25) is 0 Å². The van der Waals surface area contributed by atoms with E-state index in [-0.39, 0.29) is 6.10 Å². The van der Waals surface area contributed by atoms with E-state index in [1.807, 2.05) is 0 Å². The minimum Gasteiger partial charge on any atom is -0.366 e. The van der Waals surface area contributed by atoms with Crippen LogP contribution in [0, 0.1) is 0 Å². The Hall–Kier alpha value is -0.380. The molecular weight excluding hydrogens is 156 g/mol. The Kier molecular flexibility index (Phi) is 2.17. The lowest BCUT2D eigenvalue weighted by molar-refractivity contribution is -0.0629. The Labute approximate surface area is 72.3 Å². The summed E-state index contributed by atoms with van der Waals surface area (Å²) in [5, 5.41) is 0. The van der Waals surface area contributed by atoms with Gasteiger partial charge in [-0.15, -0.1) is 0 Å². The van der Waals surface area contributed by atoms with E-state index in [2.05, 4.69) is 13.0 Å². The molecule has 3 nitrogen and oxygen atoms in total. The smallest absolute Gasteiger partial charge is 0.147 e. The number of hydrogen-bond donors (Lipinski definition) is 0. The summed E-state index contributed by atoms with van der Waals surface area (Å²) in [5.74, 6) is 0. The number of methoxy groups -OCH3 is 1. The fourth-order valence-corrected chi connectivity index (χ4v) is 1.66. The summed E-state index contributed by atoms with van der Waals surface area (Å²) in [6.45, 7) is 2.46. The molecule has 0 aromatic rings. The van der Waals surface area contributed by atoms with Crippen molar-refractivity contribution in [1.82, 2.24) is 0 Å². The molecule has 0 amide bonds. The topological polar surface area (TPSA) is 31.0 Å². The molecule has 0 spiro atoms. The summed E-state index contributed by atoms with van der Waals surface area (Å²) in [6, 6.07) is 0. The van der Waals surface area contributed by atoms with Gasteiger partial charge in [0.05, 0.1) is 6.10 Å². The fraction of sp³-hybridized carbons (Fsp3) is 0.778. The van der Waals surface area contributed by atoms with Crippen molar-refractivity contribution in [3.05, 3.63) is 11.6 Å². The van der Waals surface area contributed by atoms with E-state index in [4.69, 9.17) is 14.2 Å². The molecule has 0 saturated carbocycles. The van der Waals surface area contributed by atoms with E-state index in [0.717, 1.165) is 6.42 Å². The van der Waals surface area contributed by atoms with E-state index < -0.39 is 0 Å². The Morgan fingerprint density at radius 3 is 3.25 bits per heavy atom. The second kappa shape index (κ2) is 3.17. The standard InChI is InChI=1S/C9H14O3/c1-6-3-7(11-5-10-2)9-8(4-6)12-9/h3,7-9H,4-5H2,1-2H3. The second-order valence-corrected chi connectivity index (χ2v) is 3.39. The first kappa shape index (κ1) is 8.23. The summed E-state index contributed by atoms with van der Waals surface area (Å²) in [6.07, 6.45) is 4.02. The Morgan fingerprint density at radius 2 is 2.50 bits per heavy atom. The SMILES string of the molecule is COCOC1C=C(C)CC2OC12. The van der Waals surface area contributed by atoms with Gasteiger partial charge < -0.3 is 14.2 Å². The van der Waals surface area contributed by atoms with Crippen LogP contribution in [-0.4, -0.2) is 32.2 Å². The zero-order valence-corrected chi connectivity index (χ0v) is 7.45. The average molecular weight is 170 g/mol. The van der Waals surface area contributed by atoms with Gasteiger partial charge in [0.15, 0.2) is 0 Å². The van der Waals surface area contributed by atoms with E-state index in [1.54, 1.807) is 7.11 Å². The molecule has 68 valence electrons. The maximum Gasteiger partial charge on any atom is 0.147 e. The lowest BCUT2D eigenvalue weighted by atomic mass is 9.99. The first-order valence-electron chi connectivity index (χ1n) is 4.24. The average Bonchev–Trinajstić information content (AvgIpc) is 2.78. The van der Waals surface area contributed by atoms with Crippen LogP contribution in [0.15, 0.2) is 11.6 Å². The van der Waals surface area contributed by atoms with Crippen LogP contribution < -0.4 is 0 Å². The van der Waals surface area contributed by atoms with Gasteiger partial charge in [0.1, 0.15) is 19.0 Å². The third kappa shape index (κ3) is 1.53. The number of hydrogen-bond acceptors (Lipinski definition) is 3. The molecule has 1 heterocycles. The predicted molar refractivity (Wildman–Crippen MR) is 43.8 cm³/mol. The monoisotopic (exact) mass is 170 g/mol. The normalized spacial score (nSPS) is 38.8. The highest BCUT2D eigenvalue weighted by Crippen LogP contribution is 2.37. The highest BCUT2D eigenvalue weighted by molar-refractivity contribution is 5.17. The molecule has 3 heteroatoms. The van der Waals surface area contributed by atoms with Crippen molar-refractivity contribution in [2.24, 2.45) is 0 Å². The van der Waals surface area contributed by atoms with Gasteiger partial charge >= 0.3 is 0 Å². The van der Waals surface area contributed by atoms with E-state index >= 15 is 0 Å². The van der Waals surface area contributed by atoms with Crippen molar-refractivity contribution >= 4 is 0 Å². The first-order chi connectivity index (χ1) is 5.81. The van der Waals surface area contributed by atoms with Gasteiger partial charge in [-0.3, -0.25) is 0 Å². The van der Waals surface area contributed by atoms with Crippen LogP contribution in [0.3, 0.4) is 0 Å². The van der Waals surface area contributed by atoms with Crippen LogP contribution in [0.4, 0.5) is 0 Å². The van der Waals surface area contributed by atoms with Gasteiger partial charge in [0, 0.05) is 7.11 Å². The number of rotatable bonds is 3. The zero-order chi connectivity index (χ0) is 8.55. The second-order valence-electron chi connectivity index (χ2n) is 3.39. The summed E-state index contributed by atoms with van der Waals surface area (Å²) in [4.78, 5) is 0. The largest absolute Gasteiger partial charge is 0.366 e. The molecule has 1 fully saturated rings. The number of ether oxygens (including phenoxy) is 3. The zero-order valence-electron chi connectivity index (χ0n) is 7.45. The molecule has 0 bridgehead atoms. The van der Waals surface area contributed by atoms with E-state index in [9.17, 15) is 0 Å². The van der Waals surface area contributed by atoms with E-state index in [0.29, 0.717) is 19.0 Å². The van der Waals surface area contributed by atoms with Gasteiger partial charge in [0.25, 0.3) is 0 Å². The molecule has 2 aliphatic rings. The van der Waals surface area contributed by atoms with Gasteiger partial charge in [-0.25, -0.2) is 0 Å². The van der Waals surface area contributed by atoms with Crippen LogP contribution in [0.2, 0.25) is 0 Å². The summed E-state index contributed by atoms with van der Waals surface area (Å²) in [5.41, 5.74) is 1.36. The maximum atomic E-state index is 5.43. The fourth-order valence-electron chi connectivity index (χ4n) is 1.66. The molecule has 1 saturated heterocycles. The Morgan fingerprint density at radius 1 is 1.67 bits per heavy atom. The first-order valence-corrected chi connectivity index (χ1v) is 4.24. The molecule has 3 unspecified atom stereocenters. The molecule has 1 aliphatic carbocycles. The number of fused-ring (bicyclic) bond motifs is 1. The van der Waals surface area contributed by atoms with Crippen molar-refractivity contribution in [2.45, 2.75) is 31.7 Å². The highest BCUT2D eigenvalue weighted by atomic mass is 16.7. The molecule has 3 atom stereocenters. The quantitative estimate of drug-likeness (QED) is 0.361. The van der Waals surface area contributed by atoms with Gasteiger partial charge in [-0.2, -0.15) is 0 Å². The van der Waals surface area contributed by atoms with Crippen molar-refractivity contribution in [2.75, 3.05) is 13.9 Å². The maximum absolute atomic E-state index is 5.43. The van der Waals surface area contributed by atoms with E-state index in [1.165, 1.54) is 5.57 Å². The van der Waals surface area contributed by atoms with Crippen LogP contribution >= 0.6 is 0 Å². The molecule has 0 radical (unpaired) electrons. The minimum absolute atomic E-state index is 0.115. The van der Waals surface area contributed by atoms with Crippen molar-refractivity contribution in [1.29, 1.82) is 0 Å².